The van der Waals surface area contributed by atoms with Gasteiger partial charge in [0.1, 0.15) is 23.6 Å². The first-order chi connectivity index (χ1) is 15.4. The molecule has 178 valence electrons. The summed E-state index contributed by atoms with van der Waals surface area (Å²) in [7, 11) is 0. The highest BCUT2D eigenvalue weighted by atomic mass is 35.5. The maximum Gasteiger partial charge on any atom is 0.425 e. The number of likely N-dealkylation sites (tertiary alicyclic amines) is 1. The van der Waals surface area contributed by atoms with E-state index < -0.39 is 64.7 Å². The highest BCUT2D eigenvalue weighted by molar-refractivity contribution is 6.34. The average molecular weight is 496 g/mol. The number of alkyl halides is 4. The van der Waals surface area contributed by atoms with Gasteiger partial charge in [0.15, 0.2) is 6.10 Å². The van der Waals surface area contributed by atoms with E-state index in [1.807, 2.05) is 0 Å². The second-order valence-electron chi connectivity index (χ2n) is 7.11. The summed E-state index contributed by atoms with van der Waals surface area (Å²) >= 11 is 5.83. The van der Waals surface area contributed by atoms with Crippen LogP contribution in [-0.4, -0.2) is 48.4 Å². The summed E-state index contributed by atoms with van der Waals surface area (Å²) in [5.41, 5.74) is -1.80. The molecule has 0 saturated carbocycles. The summed E-state index contributed by atoms with van der Waals surface area (Å²) in [5, 5.41) is 3.95. The van der Waals surface area contributed by atoms with Gasteiger partial charge in [0.2, 0.25) is 0 Å². The summed E-state index contributed by atoms with van der Waals surface area (Å²) in [6.07, 6.45) is -8.49. The number of hydrogen-bond donors (Lipinski definition) is 2. The molecule has 1 atom stereocenters. The Bertz CT molecular complexity index is 1060. The first-order valence-electron chi connectivity index (χ1n) is 9.39. The van der Waals surface area contributed by atoms with Gasteiger partial charge in [0, 0.05) is 6.07 Å². The minimum Gasteiger partial charge on any atom is -0.480 e. The number of ether oxygens (including phenoxy) is 1. The lowest BCUT2D eigenvalue weighted by Crippen LogP contribution is -2.53. The second kappa shape index (κ2) is 9.38. The van der Waals surface area contributed by atoms with Gasteiger partial charge in [-0.25, -0.2) is 18.0 Å². The molecule has 1 heterocycles. The summed E-state index contributed by atoms with van der Waals surface area (Å²) in [5.74, 6) is -4.09. The van der Waals surface area contributed by atoms with Crippen LogP contribution in [0.3, 0.4) is 0 Å². The third-order valence-electron chi connectivity index (χ3n) is 4.65. The van der Waals surface area contributed by atoms with E-state index in [0.29, 0.717) is 19.1 Å². The molecule has 0 radical (unpaired) electrons. The molecular formula is C20H16ClF6N3O3. The van der Waals surface area contributed by atoms with E-state index in [4.69, 9.17) is 16.3 Å². The van der Waals surface area contributed by atoms with Crippen molar-refractivity contribution in [2.24, 2.45) is 0 Å². The molecule has 1 aliphatic heterocycles. The maximum atomic E-state index is 14.6. The third kappa shape index (κ3) is 5.62. The van der Waals surface area contributed by atoms with E-state index in [1.165, 1.54) is 12.1 Å². The number of para-hydroxylation sites is 1. The molecule has 0 bridgehead atoms. The molecule has 33 heavy (non-hydrogen) atoms. The molecule has 0 spiro atoms. The van der Waals surface area contributed by atoms with Crippen molar-refractivity contribution in [2.45, 2.75) is 25.4 Å². The quantitative estimate of drug-likeness (QED) is 0.547. The minimum atomic E-state index is -4.84. The van der Waals surface area contributed by atoms with Crippen LogP contribution in [0.5, 0.6) is 5.75 Å². The molecule has 1 fully saturated rings. The lowest BCUT2D eigenvalue weighted by atomic mass is 10.1. The molecule has 2 aromatic rings. The fourth-order valence-corrected chi connectivity index (χ4v) is 2.97. The number of rotatable bonds is 5. The number of hydrogen-bond acceptors (Lipinski definition) is 3. The monoisotopic (exact) mass is 495 g/mol. The predicted octanol–water partition coefficient (Wildman–Crippen LogP) is 5.39. The lowest BCUT2D eigenvalue weighted by molar-refractivity contribution is -0.189. The fraction of sp³-hybridized carbons (Fsp3) is 0.300. The van der Waals surface area contributed by atoms with Crippen LogP contribution in [0.15, 0.2) is 30.3 Å². The van der Waals surface area contributed by atoms with Gasteiger partial charge >= 0.3 is 12.2 Å². The SMILES string of the molecule is C[C@H](Oc1cc(NC(=O)N2CC(F)C2)c(F)cc1C(=O)Nc1c(F)cccc1Cl)C(F)(F)F. The van der Waals surface area contributed by atoms with Gasteiger partial charge in [-0.3, -0.25) is 4.79 Å². The predicted molar refractivity (Wildman–Crippen MR) is 107 cm³/mol. The molecule has 13 heteroatoms. The van der Waals surface area contributed by atoms with Gasteiger partial charge in [0.25, 0.3) is 5.91 Å². The fourth-order valence-electron chi connectivity index (χ4n) is 2.76. The van der Waals surface area contributed by atoms with Crippen LogP contribution in [-0.2, 0) is 0 Å². The van der Waals surface area contributed by atoms with E-state index >= 15 is 0 Å². The molecule has 6 nitrogen and oxygen atoms in total. The van der Waals surface area contributed by atoms with Crippen molar-refractivity contribution in [2.75, 3.05) is 23.7 Å². The Morgan fingerprint density at radius 3 is 2.39 bits per heavy atom. The molecule has 1 saturated heterocycles. The summed E-state index contributed by atoms with van der Waals surface area (Å²) in [6, 6.07) is 3.79. The lowest BCUT2D eigenvalue weighted by Gasteiger charge is -2.34. The zero-order valence-electron chi connectivity index (χ0n) is 16.8. The molecule has 3 rings (SSSR count). The van der Waals surface area contributed by atoms with Crippen molar-refractivity contribution in [3.8, 4) is 5.75 Å². The topological polar surface area (TPSA) is 70.7 Å². The van der Waals surface area contributed by atoms with Crippen molar-refractivity contribution in [3.63, 3.8) is 0 Å². The first-order valence-corrected chi connectivity index (χ1v) is 9.77. The van der Waals surface area contributed by atoms with Crippen LogP contribution in [0.1, 0.15) is 17.3 Å². The van der Waals surface area contributed by atoms with E-state index in [0.717, 1.165) is 11.0 Å². The number of carbonyl (C=O) groups is 2. The van der Waals surface area contributed by atoms with Gasteiger partial charge in [-0.15, -0.1) is 0 Å². The number of amides is 3. The number of carbonyl (C=O) groups excluding carboxylic acids is 2. The molecule has 1 aliphatic rings. The molecule has 2 aromatic carbocycles. The number of nitrogens with zero attached hydrogens (tertiary/aromatic N) is 1. The van der Waals surface area contributed by atoms with E-state index in [-0.39, 0.29) is 18.1 Å². The third-order valence-corrected chi connectivity index (χ3v) is 4.96. The number of anilines is 2. The van der Waals surface area contributed by atoms with E-state index in [9.17, 15) is 35.9 Å². The van der Waals surface area contributed by atoms with E-state index in [1.54, 1.807) is 0 Å². The Morgan fingerprint density at radius 2 is 1.82 bits per heavy atom. The zero-order valence-corrected chi connectivity index (χ0v) is 17.5. The summed E-state index contributed by atoms with van der Waals surface area (Å²) in [6.45, 7) is 0.191. The van der Waals surface area contributed by atoms with Crippen LogP contribution < -0.4 is 15.4 Å². The van der Waals surface area contributed by atoms with Crippen LogP contribution >= 0.6 is 11.6 Å². The molecule has 0 aliphatic carbocycles. The Labute approximate surface area is 188 Å². The Hall–Kier alpha value is -3.15. The van der Waals surface area contributed by atoms with Crippen molar-refractivity contribution in [1.82, 2.24) is 4.90 Å². The standard InChI is InChI=1S/C20H16ClF6N3O3/c1-9(20(25,26)27)33-16-6-15(28-19(32)30-7-10(22)8-30)14(24)5-11(16)18(31)29-17-12(21)3-2-4-13(17)23/h2-6,9-10H,7-8H2,1H3,(H,28,32)(H,29,31)/t9-/m0/s1. The second-order valence-corrected chi connectivity index (χ2v) is 7.52. The van der Waals surface area contributed by atoms with Crippen LogP contribution in [0.25, 0.3) is 0 Å². The molecule has 3 amide bonds. The summed E-state index contributed by atoms with van der Waals surface area (Å²) in [4.78, 5) is 25.7. The first kappa shape index (κ1) is 24.5. The molecule has 2 N–H and O–H groups in total. The number of nitrogens with one attached hydrogen (secondary N) is 2. The molecular weight excluding hydrogens is 480 g/mol. The van der Waals surface area contributed by atoms with Crippen molar-refractivity contribution < 1.29 is 40.7 Å². The highest BCUT2D eigenvalue weighted by Gasteiger charge is 2.39. The van der Waals surface area contributed by atoms with Gasteiger partial charge in [-0.1, -0.05) is 17.7 Å². The van der Waals surface area contributed by atoms with Gasteiger partial charge < -0.3 is 20.3 Å². The van der Waals surface area contributed by atoms with Crippen LogP contribution in [0.2, 0.25) is 5.02 Å². The van der Waals surface area contributed by atoms with Gasteiger partial charge in [0.05, 0.1) is 35.1 Å². The normalized spacial score (nSPS) is 15.0. The molecule has 0 aromatic heterocycles. The highest BCUT2D eigenvalue weighted by Crippen LogP contribution is 2.33. The van der Waals surface area contributed by atoms with E-state index in [2.05, 4.69) is 10.6 Å². The summed E-state index contributed by atoms with van der Waals surface area (Å²) < 4.78 is 85.4. The maximum absolute atomic E-state index is 14.6. The van der Waals surface area contributed by atoms with Crippen LogP contribution in [0, 0.1) is 11.6 Å². The number of urea groups is 1. The van der Waals surface area contributed by atoms with Gasteiger partial charge in [-0.05, 0) is 25.1 Å². The largest absolute Gasteiger partial charge is 0.480 e. The smallest absolute Gasteiger partial charge is 0.425 e. The Balaban J connectivity index is 1.94. The Morgan fingerprint density at radius 1 is 1.15 bits per heavy atom. The molecule has 0 unspecified atom stereocenters. The minimum absolute atomic E-state index is 0.209. The van der Waals surface area contributed by atoms with Crippen molar-refractivity contribution in [3.05, 3.63) is 52.6 Å². The zero-order chi connectivity index (χ0) is 24.5. The van der Waals surface area contributed by atoms with Crippen molar-refractivity contribution >= 4 is 34.9 Å². The Kier molecular flexibility index (Phi) is 6.96. The van der Waals surface area contributed by atoms with Crippen LogP contribution in [0.4, 0.5) is 42.5 Å². The number of halogens is 7. The number of benzene rings is 2. The average Bonchev–Trinajstić information content (AvgIpc) is 2.69. The van der Waals surface area contributed by atoms with Gasteiger partial charge in [-0.2, -0.15) is 13.2 Å². The van der Waals surface area contributed by atoms with Crippen molar-refractivity contribution in [1.29, 1.82) is 0 Å².